The number of rotatable bonds is 3. The van der Waals surface area contributed by atoms with Gasteiger partial charge >= 0.3 is 0 Å². The molecule has 1 saturated heterocycles. The maximum atomic E-state index is 13.9. The summed E-state index contributed by atoms with van der Waals surface area (Å²) in [6.07, 6.45) is 9.76. The Morgan fingerprint density at radius 3 is 2.73 bits per heavy atom. The second-order valence-corrected chi connectivity index (χ2v) is 16.4. The maximum absolute atomic E-state index is 13.9. The number of methoxy groups -OCH3 is 1. The van der Waals surface area contributed by atoms with Crippen LogP contribution < -0.4 is 14.4 Å². The monoisotopic (exact) mass is 711 g/mol. The fourth-order valence-corrected chi connectivity index (χ4v) is 9.73. The third-order valence-electron chi connectivity index (χ3n) is 11.3. The summed E-state index contributed by atoms with van der Waals surface area (Å²) in [5.41, 5.74) is 2.88. The molecule has 3 aliphatic heterocycles. The Labute approximate surface area is 294 Å². The molecule has 1 saturated carbocycles. The SMILES string of the molecule is CO[C@@H]1/C=C/CC[C@@H](CC(=O)N2CCOCC2)C(=O)NS(=O)(=O)c2ccc3c(c2)N(C[C@@H]2CC[C@H]21)C[C@@]1(CCCc2cc(Cl)ccc21)CO3. The topological polar surface area (TPSA) is 114 Å². The highest BCUT2D eigenvalue weighted by atomic mass is 35.5. The van der Waals surface area contributed by atoms with Crippen LogP contribution in [0, 0.1) is 17.8 Å². The summed E-state index contributed by atoms with van der Waals surface area (Å²) in [5, 5.41) is 0.721. The van der Waals surface area contributed by atoms with E-state index in [1.807, 2.05) is 12.1 Å². The van der Waals surface area contributed by atoms with Gasteiger partial charge in [-0.3, -0.25) is 9.59 Å². The van der Waals surface area contributed by atoms with Crippen molar-refractivity contribution in [1.29, 1.82) is 0 Å². The van der Waals surface area contributed by atoms with Crippen LogP contribution in [0.4, 0.5) is 5.69 Å². The maximum Gasteiger partial charge on any atom is 0.264 e. The van der Waals surface area contributed by atoms with E-state index in [0.29, 0.717) is 75.6 Å². The number of morpholine rings is 1. The first-order valence-electron chi connectivity index (χ1n) is 17.6. The van der Waals surface area contributed by atoms with E-state index in [-0.39, 0.29) is 28.7 Å². The summed E-state index contributed by atoms with van der Waals surface area (Å²) in [5.74, 6) is -0.423. The normalized spacial score (nSPS) is 30.5. The van der Waals surface area contributed by atoms with Crippen molar-refractivity contribution in [3.8, 4) is 5.75 Å². The molecule has 12 heteroatoms. The van der Waals surface area contributed by atoms with E-state index >= 15 is 0 Å². The van der Waals surface area contributed by atoms with Crippen molar-refractivity contribution in [2.24, 2.45) is 17.8 Å². The van der Waals surface area contributed by atoms with Gasteiger partial charge in [-0.2, -0.15) is 0 Å². The van der Waals surface area contributed by atoms with Gasteiger partial charge in [-0.05, 0) is 98.2 Å². The Balaban J connectivity index is 1.24. The summed E-state index contributed by atoms with van der Waals surface area (Å²) < 4.78 is 48.0. The molecule has 5 atom stereocenters. The molecular formula is C37H46ClN3O7S. The van der Waals surface area contributed by atoms with Crippen molar-refractivity contribution < 1.29 is 32.2 Å². The summed E-state index contributed by atoms with van der Waals surface area (Å²) in [6.45, 7) is 3.65. The van der Waals surface area contributed by atoms with Crippen molar-refractivity contribution in [2.45, 2.75) is 67.8 Å². The molecule has 49 heavy (non-hydrogen) atoms. The molecule has 0 unspecified atom stereocenters. The van der Waals surface area contributed by atoms with Crippen LogP contribution in [-0.2, 0) is 40.9 Å². The molecule has 2 amide bonds. The lowest BCUT2D eigenvalue weighted by Gasteiger charge is -2.46. The number of amides is 2. The minimum Gasteiger partial charge on any atom is -0.490 e. The number of benzene rings is 2. The Kier molecular flexibility index (Phi) is 9.98. The van der Waals surface area contributed by atoms with E-state index in [4.69, 9.17) is 25.8 Å². The third kappa shape index (κ3) is 7.09. The lowest BCUT2D eigenvalue weighted by atomic mass is 9.68. The number of anilines is 1. The number of nitrogens with zero attached hydrogens (tertiary/aromatic N) is 2. The predicted octanol–water partition coefficient (Wildman–Crippen LogP) is 4.87. The Morgan fingerprint density at radius 1 is 1.12 bits per heavy atom. The highest BCUT2D eigenvalue weighted by Crippen LogP contribution is 2.47. The van der Waals surface area contributed by atoms with Crippen LogP contribution in [0.3, 0.4) is 0 Å². The van der Waals surface area contributed by atoms with Crippen molar-refractivity contribution in [3.05, 3.63) is 64.7 Å². The van der Waals surface area contributed by atoms with Crippen LogP contribution in [0.15, 0.2) is 53.4 Å². The van der Waals surface area contributed by atoms with Gasteiger partial charge in [0.2, 0.25) is 11.8 Å². The Hall–Kier alpha value is -3.12. The molecule has 3 heterocycles. The molecule has 7 rings (SSSR count). The highest BCUT2D eigenvalue weighted by molar-refractivity contribution is 7.90. The van der Waals surface area contributed by atoms with Crippen molar-refractivity contribution in [3.63, 3.8) is 0 Å². The molecule has 10 nitrogen and oxygen atoms in total. The number of carbonyl (C=O) groups excluding carboxylic acids is 2. The number of carbonyl (C=O) groups is 2. The zero-order valence-corrected chi connectivity index (χ0v) is 29.6. The molecule has 264 valence electrons. The molecule has 2 aromatic carbocycles. The molecule has 0 radical (unpaired) electrons. The molecule has 0 aromatic heterocycles. The first-order chi connectivity index (χ1) is 23.7. The van der Waals surface area contributed by atoms with Gasteiger partial charge in [-0.25, -0.2) is 13.1 Å². The molecule has 2 bridgehead atoms. The minimum absolute atomic E-state index is 0.00912. The average Bonchev–Trinajstić information content (AvgIpc) is 3.23. The number of hydrogen-bond donors (Lipinski definition) is 1. The number of fused-ring (bicyclic) bond motifs is 4. The number of nitrogens with one attached hydrogen (secondary N) is 1. The van der Waals surface area contributed by atoms with Gasteiger partial charge in [0.25, 0.3) is 10.0 Å². The van der Waals surface area contributed by atoms with Gasteiger partial charge in [0, 0.05) is 56.1 Å². The molecule has 2 aliphatic carbocycles. The van der Waals surface area contributed by atoms with Gasteiger partial charge in [0.1, 0.15) is 5.75 Å². The van der Waals surface area contributed by atoms with Gasteiger partial charge in [0.15, 0.2) is 0 Å². The van der Waals surface area contributed by atoms with Gasteiger partial charge < -0.3 is 24.0 Å². The third-order valence-corrected chi connectivity index (χ3v) is 12.9. The van der Waals surface area contributed by atoms with Gasteiger partial charge in [-0.1, -0.05) is 29.8 Å². The highest BCUT2D eigenvalue weighted by Gasteiger charge is 2.44. The predicted molar refractivity (Wildman–Crippen MR) is 186 cm³/mol. The Morgan fingerprint density at radius 2 is 1.96 bits per heavy atom. The summed E-state index contributed by atoms with van der Waals surface area (Å²) in [6, 6.07) is 11.0. The quantitative estimate of drug-likeness (QED) is 0.449. The van der Waals surface area contributed by atoms with Crippen molar-refractivity contribution in [2.75, 3.05) is 58.0 Å². The van der Waals surface area contributed by atoms with Crippen LogP contribution in [0.2, 0.25) is 5.02 Å². The van der Waals surface area contributed by atoms with Gasteiger partial charge in [-0.15, -0.1) is 0 Å². The zero-order chi connectivity index (χ0) is 34.2. The number of hydrogen-bond acceptors (Lipinski definition) is 8. The minimum atomic E-state index is -4.25. The van der Waals surface area contributed by atoms with E-state index in [1.54, 1.807) is 24.1 Å². The van der Waals surface area contributed by atoms with E-state index in [9.17, 15) is 18.0 Å². The van der Waals surface area contributed by atoms with E-state index < -0.39 is 21.8 Å². The van der Waals surface area contributed by atoms with Crippen LogP contribution in [-0.4, -0.2) is 84.3 Å². The molecule has 2 aromatic rings. The summed E-state index contributed by atoms with van der Waals surface area (Å²) >= 11 is 6.43. The first kappa shape index (κ1) is 34.3. The van der Waals surface area contributed by atoms with Crippen LogP contribution in [0.5, 0.6) is 5.75 Å². The molecular weight excluding hydrogens is 666 g/mol. The first-order valence-corrected chi connectivity index (χ1v) is 19.4. The molecule has 5 aliphatic rings. The number of sulfonamides is 1. The number of allylic oxidation sites excluding steroid dienone is 1. The number of halogens is 1. The van der Waals surface area contributed by atoms with Gasteiger partial charge in [0.05, 0.1) is 36.5 Å². The zero-order valence-electron chi connectivity index (χ0n) is 28.1. The average molecular weight is 712 g/mol. The fourth-order valence-electron chi connectivity index (χ4n) is 8.48. The Bertz CT molecular complexity index is 1710. The van der Waals surface area contributed by atoms with E-state index in [2.05, 4.69) is 27.8 Å². The smallest absolute Gasteiger partial charge is 0.264 e. The standard InChI is InChI=1S/C37H46ClN3O7S/c1-46-33-7-3-2-5-26(20-35(42)40-15-17-47-18-16-40)36(43)39-49(44,45)29-10-13-34-32(21-29)41(22-27-8-11-30(27)33)23-37(24-48-34)14-4-6-25-19-28(38)9-12-31(25)37/h3,7,9-10,12-13,19,21,26-27,30,33H,2,4-6,8,11,14-18,20,22-24H2,1H3,(H,39,43)/b7-3+/t26-,27-,30+,33+,37-/m0/s1. The lowest BCUT2D eigenvalue weighted by Crippen LogP contribution is -2.49. The van der Waals surface area contributed by atoms with E-state index in [1.165, 1.54) is 17.2 Å². The molecule has 2 fully saturated rings. The van der Waals surface area contributed by atoms with E-state index in [0.717, 1.165) is 43.7 Å². The second kappa shape index (κ2) is 14.2. The molecule has 1 N–H and O–H groups in total. The largest absolute Gasteiger partial charge is 0.490 e. The lowest BCUT2D eigenvalue weighted by molar-refractivity contribution is -0.139. The number of aryl methyl sites for hydroxylation is 1. The summed E-state index contributed by atoms with van der Waals surface area (Å²) in [7, 11) is -2.51. The second-order valence-electron chi connectivity index (χ2n) is 14.3. The van der Waals surface area contributed by atoms with Crippen molar-refractivity contribution in [1.82, 2.24) is 9.62 Å². The fraction of sp³-hybridized carbons (Fsp3) is 0.568. The van der Waals surface area contributed by atoms with Crippen LogP contribution in [0.25, 0.3) is 0 Å². The number of ether oxygens (including phenoxy) is 3. The van der Waals surface area contributed by atoms with Crippen molar-refractivity contribution >= 4 is 39.1 Å². The van der Waals surface area contributed by atoms with Crippen LogP contribution >= 0.6 is 11.6 Å². The molecule has 1 spiro atoms. The summed E-state index contributed by atoms with van der Waals surface area (Å²) in [4.78, 5) is 30.9. The van der Waals surface area contributed by atoms with Crippen LogP contribution in [0.1, 0.15) is 56.1 Å².